The lowest BCUT2D eigenvalue weighted by Crippen LogP contribution is -2.51. The predicted octanol–water partition coefficient (Wildman–Crippen LogP) is 0.550. The molecule has 0 aromatic heterocycles. The van der Waals surface area contributed by atoms with E-state index in [1.54, 1.807) is 25.7 Å². The number of carbonyl (C=O) groups excluding carboxylic acids is 1. The first kappa shape index (κ1) is 17.8. The number of carbonyl (C=O) groups is 1. The monoisotopic (exact) mass is 298 g/mol. The molecule has 0 bridgehead atoms. The first-order valence-electron chi connectivity index (χ1n) is 7.31. The Hall–Kier alpha value is -1.29. The van der Waals surface area contributed by atoms with Crippen LogP contribution >= 0.6 is 0 Å². The summed E-state index contributed by atoms with van der Waals surface area (Å²) in [5.74, 6) is 2.53. The van der Waals surface area contributed by atoms with E-state index in [1.807, 2.05) is 0 Å². The van der Waals surface area contributed by atoms with Gasteiger partial charge in [-0.25, -0.2) is 4.79 Å². The SMILES string of the molecule is C#CC(C)(C)OC[C@H](O)CN1CCN(C(=O)OCC)CC1. The summed E-state index contributed by atoms with van der Waals surface area (Å²) in [6, 6.07) is 0. The molecule has 1 rings (SSSR count). The van der Waals surface area contributed by atoms with E-state index in [0.29, 0.717) is 39.3 Å². The Balaban J connectivity index is 2.26. The van der Waals surface area contributed by atoms with Crippen molar-refractivity contribution in [2.24, 2.45) is 0 Å². The molecule has 0 aromatic carbocycles. The molecule has 1 N–H and O–H groups in total. The molecule has 0 aromatic rings. The third-order valence-corrected chi connectivity index (χ3v) is 3.35. The summed E-state index contributed by atoms with van der Waals surface area (Å²) in [6.07, 6.45) is 4.47. The molecule has 1 aliphatic rings. The maximum atomic E-state index is 11.6. The van der Waals surface area contributed by atoms with E-state index in [9.17, 15) is 9.90 Å². The van der Waals surface area contributed by atoms with Crippen LogP contribution < -0.4 is 0 Å². The van der Waals surface area contributed by atoms with E-state index in [4.69, 9.17) is 15.9 Å². The van der Waals surface area contributed by atoms with Crippen LogP contribution in [0.3, 0.4) is 0 Å². The molecular formula is C15H26N2O4. The lowest BCUT2D eigenvalue weighted by Gasteiger charge is -2.35. The number of nitrogens with zero attached hydrogens (tertiary/aromatic N) is 2. The highest BCUT2D eigenvalue weighted by atomic mass is 16.6. The first-order chi connectivity index (χ1) is 9.88. The highest BCUT2D eigenvalue weighted by molar-refractivity contribution is 5.67. The fraction of sp³-hybridized carbons (Fsp3) is 0.800. The third-order valence-electron chi connectivity index (χ3n) is 3.35. The van der Waals surface area contributed by atoms with Gasteiger partial charge in [-0.1, -0.05) is 5.92 Å². The highest BCUT2D eigenvalue weighted by Gasteiger charge is 2.24. The summed E-state index contributed by atoms with van der Waals surface area (Å²) in [4.78, 5) is 15.4. The van der Waals surface area contributed by atoms with Crippen molar-refractivity contribution in [3.05, 3.63) is 0 Å². The topological polar surface area (TPSA) is 62.2 Å². The van der Waals surface area contributed by atoms with E-state index in [0.717, 1.165) is 0 Å². The standard InChI is InChI=1S/C15H26N2O4/c1-5-15(3,4)21-12-13(18)11-16-7-9-17(10-8-16)14(19)20-6-2/h1,13,18H,6-12H2,2-4H3/t13-/m1/s1. The van der Waals surface area contributed by atoms with Crippen LogP contribution in [0.5, 0.6) is 0 Å². The largest absolute Gasteiger partial charge is 0.450 e. The number of ether oxygens (including phenoxy) is 2. The van der Waals surface area contributed by atoms with Gasteiger partial charge in [0.25, 0.3) is 0 Å². The normalized spacial score (nSPS) is 18.1. The van der Waals surface area contributed by atoms with Gasteiger partial charge in [0.2, 0.25) is 0 Å². The smallest absolute Gasteiger partial charge is 0.409 e. The number of hydrogen-bond acceptors (Lipinski definition) is 5. The summed E-state index contributed by atoms with van der Waals surface area (Å²) in [5, 5.41) is 9.98. The number of piperazine rings is 1. The van der Waals surface area contributed by atoms with Gasteiger partial charge in [0.05, 0.1) is 19.3 Å². The number of β-amino-alcohol motifs (C(OH)–C–C–N with tert-alkyl or cyclic N) is 1. The average molecular weight is 298 g/mol. The van der Waals surface area contributed by atoms with Crippen molar-refractivity contribution in [2.45, 2.75) is 32.5 Å². The average Bonchev–Trinajstić information content (AvgIpc) is 2.46. The van der Waals surface area contributed by atoms with Gasteiger partial charge in [-0.05, 0) is 20.8 Å². The van der Waals surface area contributed by atoms with Crippen molar-refractivity contribution in [1.29, 1.82) is 0 Å². The Morgan fingerprint density at radius 2 is 2.00 bits per heavy atom. The molecule has 0 unspecified atom stereocenters. The van der Waals surface area contributed by atoms with Crippen LogP contribution in [0.2, 0.25) is 0 Å². The molecule has 6 nitrogen and oxygen atoms in total. The van der Waals surface area contributed by atoms with Crippen molar-refractivity contribution in [3.8, 4) is 12.3 Å². The predicted molar refractivity (Wildman–Crippen MR) is 79.9 cm³/mol. The Morgan fingerprint density at radius 3 is 2.52 bits per heavy atom. The second kappa shape index (κ2) is 8.23. The number of amides is 1. The fourth-order valence-corrected chi connectivity index (χ4v) is 2.02. The van der Waals surface area contributed by atoms with E-state index in [2.05, 4.69) is 10.8 Å². The fourth-order valence-electron chi connectivity index (χ4n) is 2.02. The number of hydrogen-bond donors (Lipinski definition) is 1. The molecule has 1 fully saturated rings. The Morgan fingerprint density at radius 1 is 1.38 bits per heavy atom. The summed E-state index contributed by atoms with van der Waals surface area (Å²) in [7, 11) is 0. The quantitative estimate of drug-likeness (QED) is 0.726. The van der Waals surface area contributed by atoms with Gasteiger partial charge in [0.1, 0.15) is 5.60 Å². The molecule has 21 heavy (non-hydrogen) atoms. The minimum Gasteiger partial charge on any atom is -0.450 e. The molecule has 1 atom stereocenters. The summed E-state index contributed by atoms with van der Waals surface area (Å²) < 4.78 is 10.4. The second-order valence-electron chi connectivity index (χ2n) is 5.61. The Bertz CT molecular complexity index is 370. The van der Waals surface area contributed by atoms with E-state index < -0.39 is 11.7 Å². The van der Waals surface area contributed by atoms with E-state index in [1.165, 1.54) is 0 Å². The zero-order chi connectivity index (χ0) is 15.9. The third kappa shape index (κ3) is 6.34. The molecule has 1 amide bonds. The molecule has 1 saturated heterocycles. The van der Waals surface area contributed by atoms with Crippen LogP contribution in [0.15, 0.2) is 0 Å². The number of aliphatic hydroxyl groups excluding tert-OH is 1. The second-order valence-corrected chi connectivity index (χ2v) is 5.61. The summed E-state index contributed by atoms with van der Waals surface area (Å²) in [6.45, 7) is 9.14. The number of rotatable bonds is 6. The van der Waals surface area contributed by atoms with Crippen LogP contribution in [0.25, 0.3) is 0 Å². The molecule has 0 aliphatic carbocycles. The summed E-state index contributed by atoms with van der Waals surface area (Å²) >= 11 is 0. The van der Waals surface area contributed by atoms with E-state index in [-0.39, 0.29) is 12.7 Å². The van der Waals surface area contributed by atoms with Crippen molar-refractivity contribution >= 4 is 6.09 Å². The molecule has 0 spiro atoms. The first-order valence-corrected chi connectivity index (χ1v) is 7.31. The van der Waals surface area contributed by atoms with Gasteiger partial charge in [0.15, 0.2) is 0 Å². The van der Waals surface area contributed by atoms with Gasteiger partial charge in [0, 0.05) is 32.7 Å². The van der Waals surface area contributed by atoms with Crippen molar-refractivity contribution < 1.29 is 19.4 Å². The minimum atomic E-state index is -0.663. The van der Waals surface area contributed by atoms with Crippen molar-refractivity contribution in [3.63, 3.8) is 0 Å². The lowest BCUT2D eigenvalue weighted by molar-refractivity contribution is -0.0406. The molecule has 6 heteroatoms. The molecular weight excluding hydrogens is 272 g/mol. The van der Waals surface area contributed by atoms with Gasteiger partial charge >= 0.3 is 6.09 Å². The lowest BCUT2D eigenvalue weighted by atomic mass is 10.1. The van der Waals surface area contributed by atoms with Crippen molar-refractivity contribution in [1.82, 2.24) is 9.80 Å². The Kier molecular flexibility index (Phi) is 6.96. The molecule has 1 heterocycles. The zero-order valence-corrected chi connectivity index (χ0v) is 13.2. The van der Waals surface area contributed by atoms with Crippen LogP contribution in [-0.4, -0.2) is 78.6 Å². The highest BCUT2D eigenvalue weighted by Crippen LogP contribution is 2.09. The molecule has 0 saturated carbocycles. The molecule has 120 valence electrons. The maximum Gasteiger partial charge on any atom is 0.409 e. The van der Waals surface area contributed by atoms with Crippen molar-refractivity contribution in [2.75, 3.05) is 45.9 Å². The maximum absolute atomic E-state index is 11.6. The molecule has 0 radical (unpaired) electrons. The van der Waals surface area contributed by atoms with Gasteiger partial charge < -0.3 is 19.5 Å². The van der Waals surface area contributed by atoms with Crippen LogP contribution in [-0.2, 0) is 9.47 Å². The Labute approximate surface area is 127 Å². The van der Waals surface area contributed by atoms with Crippen LogP contribution in [0.1, 0.15) is 20.8 Å². The minimum absolute atomic E-state index is 0.204. The van der Waals surface area contributed by atoms with E-state index >= 15 is 0 Å². The summed E-state index contributed by atoms with van der Waals surface area (Å²) in [5.41, 5.74) is -0.663. The number of terminal acetylenes is 1. The molecule has 1 aliphatic heterocycles. The van der Waals surface area contributed by atoms with Gasteiger partial charge in [-0.3, -0.25) is 4.90 Å². The zero-order valence-electron chi connectivity index (χ0n) is 13.2. The van der Waals surface area contributed by atoms with Crippen LogP contribution in [0, 0.1) is 12.3 Å². The van der Waals surface area contributed by atoms with Gasteiger partial charge in [-0.2, -0.15) is 0 Å². The van der Waals surface area contributed by atoms with Crippen LogP contribution in [0.4, 0.5) is 4.79 Å². The van der Waals surface area contributed by atoms with Gasteiger partial charge in [-0.15, -0.1) is 6.42 Å². The number of aliphatic hydroxyl groups is 1.